The smallest absolute Gasteiger partial charge is 0.409 e. The predicted molar refractivity (Wildman–Crippen MR) is 70.0 cm³/mol. The van der Waals surface area contributed by atoms with Crippen LogP contribution in [-0.2, 0) is 18.6 Å². The number of nitrogens with zero attached hydrogens (tertiary/aromatic N) is 3. The van der Waals surface area contributed by atoms with E-state index in [1.165, 1.54) is 19.2 Å². The summed E-state index contributed by atoms with van der Waals surface area (Å²) in [6.07, 6.45) is -0.0795. The number of alkyl halides is 3. The van der Waals surface area contributed by atoms with Crippen LogP contribution in [0.5, 0.6) is 5.75 Å². The number of primary amides is 1. The maximum Gasteiger partial charge on any atom is 0.409 e. The van der Waals surface area contributed by atoms with E-state index in [1.54, 1.807) is 0 Å². The molecule has 22 heavy (non-hydrogen) atoms. The molecule has 0 aliphatic rings. The minimum absolute atomic E-state index is 0.136. The lowest BCUT2D eigenvalue weighted by atomic mass is 9.90. The molecule has 6 nitrogen and oxygen atoms in total. The third-order valence-electron chi connectivity index (χ3n) is 3.18. The van der Waals surface area contributed by atoms with Crippen molar-refractivity contribution in [1.82, 2.24) is 14.8 Å². The number of aromatic nitrogens is 3. The van der Waals surface area contributed by atoms with Crippen molar-refractivity contribution in [2.24, 2.45) is 12.8 Å². The van der Waals surface area contributed by atoms with Crippen molar-refractivity contribution in [2.75, 3.05) is 0 Å². The fourth-order valence-corrected chi connectivity index (χ4v) is 1.93. The first-order chi connectivity index (χ1) is 10.2. The van der Waals surface area contributed by atoms with Gasteiger partial charge in [-0.25, -0.2) is 9.18 Å². The van der Waals surface area contributed by atoms with Gasteiger partial charge < -0.3 is 15.0 Å². The minimum atomic E-state index is -3.95. The molecule has 0 saturated carbocycles. The quantitative estimate of drug-likeness (QED) is 0.938. The summed E-state index contributed by atoms with van der Waals surface area (Å²) in [4.78, 5) is 10.7. The average Bonchev–Trinajstić information content (AvgIpc) is 2.85. The summed E-state index contributed by atoms with van der Waals surface area (Å²) in [6, 6.07) is 4.70. The highest BCUT2D eigenvalue weighted by atomic mass is 19.3. The molecule has 2 aromatic rings. The Balaban J connectivity index is 2.45. The van der Waals surface area contributed by atoms with Crippen LogP contribution in [0.15, 0.2) is 30.6 Å². The van der Waals surface area contributed by atoms with E-state index >= 15 is 0 Å². The van der Waals surface area contributed by atoms with Gasteiger partial charge >= 0.3 is 12.0 Å². The van der Waals surface area contributed by atoms with Gasteiger partial charge in [0.15, 0.2) is 0 Å². The molecular formula is C13H13F3N4O2. The van der Waals surface area contributed by atoms with E-state index in [0.29, 0.717) is 6.92 Å². The first kappa shape index (κ1) is 15.8. The van der Waals surface area contributed by atoms with Gasteiger partial charge in [0.25, 0.3) is 0 Å². The van der Waals surface area contributed by atoms with E-state index in [0.717, 1.165) is 23.0 Å². The number of hydrogen-bond donors (Lipinski definition) is 1. The Morgan fingerprint density at radius 2 is 2.05 bits per heavy atom. The van der Waals surface area contributed by atoms with Gasteiger partial charge in [0.2, 0.25) is 11.5 Å². The molecule has 1 heterocycles. The van der Waals surface area contributed by atoms with E-state index in [2.05, 4.69) is 14.9 Å². The summed E-state index contributed by atoms with van der Waals surface area (Å²) in [7, 11) is 1.28. The van der Waals surface area contributed by atoms with Crippen molar-refractivity contribution in [3.63, 3.8) is 0 Å². The van der Waals surface area contributed by atoms with Gasteiger partial charge in [-0.2, -0.15) is 8.78 Å². The number of aryl methyl sites for hydroxylation is 1. The number of nitrogens with two attached hydrogens (primary N) is 1. The van der Waals surface area contributed by atoms with Gasteiger partial charge in [0.05, 0.1) is 0 Å². The SMILES string of the molecule is Cn1cnnc1C(F)(F)C(C)(F)c1cccc(OC(N)=O)c1. The highest BCUT2D eigenvalue weighted by Gasteiger charge is 2.56. The summed E-state index contributed by atoms with van der Waals surface area (Å²) in [5, 5.41) is 6.60. The van der Waals surface area contributed by atoms with Crippen molar-refractivity contribution in [3.8, 4) is 5.75 Å². The molecule has 1 atom stereocenters. The molecule has 0 saturated heterocycles. The maximum atomic E-state index is 14.9. The average molecular weight is 314 g/mol. The molecule has 0 aliphatic carbocycles. The summed E-state index contributed by atoms with van der Waals surface area (Å²) in [5.41, 5.74) is 1.35. The Kier molecular flexibility index (Phi) is 3.82. The van der Waals surface area contributed by atoms with Crippen LogP contribution in [0.4, 0.5) is 18.0 Å². The molecule has 2 rings (SSSR count). The Labute approximate surface area is 123 Å². The monoisotopic (exact) mass is 314 g/mol. The van der Waals surface area contributed by atoms with Gasteiger partial charge in [-0.05, 0) is 24.6 Å². The van der Waals surface area contributed by atoms with Gasteiger partial charge in [0.1, 0.15) is 12.1 Å². The number of carbonyl (C=O) groups is 1. The van der Waals surface area contributed by atoms with Crippen LogP contribution in [-0.4, -0.2) is 20.9 Å². The zero-order chi connectivity index (χ0) is 16.5. The van der Waals surface area contributed by atoms with E-state index in [4.69, 9.17) is 5.73 Å². The molecular weight excluding hydrogens is 301 g/mol. The molecule has 0 spiro atoms. The largest absolute Gasteiger partial charge is 0.410 e. The zero-order valence-corrected chi connectivity index (χ0v) is 11.8. The third kappa shape index (κ3) is 2.61. The minimum Gasteiger partial charge on any atom is -0.410 e. The summed E-state index contributed by atoms with van der Waals surface area (Å²) < 4.78 is 49.3. The molecule has 2 N–H and O–H groups in total. The lowest BCUT2D eigenvalue weighted by Gasteiger charge is -2.29. The number of rotatable bonds is 4. The molecule has 118 valence electrons. The topological polar surface area (TPSA) is 83.0 Å². The Hall–Kier alpha value is -2.58. The standard InChI is InChI=1S/C13H13F3N4O2/c1-12(14,13(15,16)10-19-18-7-20(10)2)8-4-3-5-9(6-8)22-11(17)21/h3-7H,1-2H3,(H2,17,21). The van der Waals surface area contributed by atoms with E-state index < -0.39 is 23.5 Å². The molecule has 0 bridgehead atoms. The summed E-state index contributed by atoms with van der Waals surface area (Å²) >= 11 is 0. The Morgan fingerprint density at radius 1 is 1.36 bits per heavy atom. The molecule has 0 radical (unpaired) electrons. The molecule has 9 heteroatoms. The highest BCUT2D eigenvalue weighted by Crippen LogP contribution is 2.47. The zero-order valence-electron chi connectivity index (χ0n) is 11.8. The van der Waals surface area contributed by atoms with Gasteiger partial charge in [0, 0.05) is 7.05 Å². The van der Waals surface area contributed by atoms with Gasteiger partial charge in [-0.15, -0.1) is 10.2 Å². The van der Waals surface area contributed by atoms with Gasteiger partial charge in [-0.3, -0.25) is 0 Å². The van der Waals surface area contributed by atoms with Crippen LogP contribution >= 0.6 is 0 Å². The fraction of sp³-hybridized carbons (Fsp3) is 0.308. The lowest BCUT2D eigenvalue weighted by molar-refractivity contribution is -0.149. The number of amides is 1. The first-order valence-corrected chi connectivity index (χ1v) is 6.15. The number of halogens is 3. The van der Waals surface area contributed by atoms with Crippen molar-refractivity contribution < 1.29 is 22.7 Å². The number of ether oxygens (including phenoxy) is 1. The van der Waals surface area contributed by atoms with Gasteiger partial charge in [-0.1, -0.05) is 12.1 Å². The lowest BCUT2D eigenvalue weighted by Crippen LogP contribution is -2.39. The van der Waals surface area contributed by atoms with Crippen molar-refractivity contribution in [1.29, 1.82) is 0 Å². The first-order valence-electron chi connectivity index (χ1n) is 6.15. The second-order valence-electron chi connectivity index (χ2n) is 4.79. The van der Waals surface area contributed by atoms with Crippen molar-refractivity contribution in [3.05, 3.63) is 42.0 Å². The molecule has 1 unspecified atom stereocenters. The normalized spacial score (nSPS) is 14.4. The number of benzene rings is 1. The molecule has 1 amide bonds. The third-order valence-corrected chi connectivity index (χ3v) is 3.18. The van der Waals surface area contributed by atoms with Crippen LogP contribution < -0.4 is 10.5 Å². The van der Waals surface area contributed by atoms with Crippen molar-refractivity contribution >= 4 is 6.09 Å². The van der Waals surface area contributed by atoms with Crippen LogP contribution in [0, 0.1) is 0 Å². The van der Waals surface area contributed by atoms with Crippen LogP contribution in [0.2, 0.25) is 0 Å². The predicted octanol–water partition coefficient (Wildman–Crippen LogP) is 2.25. The molecule has 0 fully saturated rings. The Bertz CT molecular complexity index is 700. The summed E-state index contributed by atoms with van der Waals surface area (Å²) in [6.45, 7) is 0.713. The van der Waals surface area contributed by atoms with E-state index in [-0.39, 0.29) is 11.3 Å². The highest BCUT2D eigenvalue weighted by molar-refractivity contribution is 5.68. The van der Waals surface area contributed by atoms with E-state index in [1.807, 2.05) is 0 Å². The fourth-order valence-electron chi connectivity index (χ4n) is 1.93. The molecule has 1 aromatic heterocycles. The van der Waals surface area contributed by atoms with E-state index in [9.17, 15) is 18.0 Å². The number of carbonyl (C=O) groups excluding carboxylic acids is 1. The second kappa shape index (κ2) is 5.32. The summed E-state index contributed by atoms with van der Waals surface area (Å²) in [5.74, 6) is -4.91. The Morgan fingerprint density at radius 3 is 2.59 bits per heavy atom. The molecule has 0 aliphatic heterocycles. The van der Waals surface area contributed by atoms with Crippen LogP contribution in [0.25, 0.3) is 0 Å². The number of hydrogen-bond acceptors (Lipinski definition) is 4. The maximum absolute atomic E-state index is 14.9. The van der Waals surface area contributed by atoms with Crippen molar-refractivity contribution in [2.45, 2.75) is 18.5 Å². The van der Waals surface area contributed by atoms with Crippen LogP contribution in [0.3, 0.4) is 0 Å². The second-order valence-corrected chi connectivity index (χ2v) is 4.79. The molecule has 1 aromatic carbocycles. The van der Waals surface area contributed by atoms with Crippen LogP contribution in [0.1, 0.15) is 18.3 Å².